The van der Waals surface area contributed by atoms with Crippen molar-refractivity contribution in [3.05, 3.63) is 21.9 Å². The van der Waals surface area contributed by atoms with Crippen molar-refractivity contribution in [1.29, 1.82) is 0 Å². The van der Waals surface area contributed by atoms with Gasteiger partial charge in [-0.1, -0.05) is 0 Å². The summed E-state index contributed by atoms with van der Waals surface area (Å²) in [4.78, 5) is 25.1. The van der Waals surface area contributed by atoms with E-state index in [1.165, 1.54) is 9.75 Å². The second-order valence-electron chi connectivity index (χ2n) is 6.28. The second kappa shape index (κ2) is 11.0. The highest BCUT2D eigenvalue weighted by molar-refractivity contribution is 14.0. The van der Waals surface area contributed by atoms with E-state index in [2.05, 4.69) is 39.2 Å². The number of hydrogen-bond acceptors (Lipinski definition) is 4. The summed E-state index contributed by atoms with van der Waals surface area (Å²) < 4.78 is 0. The number of rotatable bonds is 5. The molecule has 2 heterocycles. The minimum absolute atomic E-state index is 0. The number of aliphatic imine (C=N–C) groups is 1. The second-order valence-corrected chi connectivity index (χ2v) is 7.65. The third kappa shape index (κ3) is 7.10. The summed E-state index contributed by atoms with van der Waals surface area (Å²) >= 11 is 1.82. The Bertz CT molecular complexity index is 567. The van der Waals surface area contributed by atoms with Gasteiger partial charge in [-0.2, -0.15) is 0 Å². The maximum atomic E-state index is 11.7. The van der Waals surface area contributed by atoms with Gasteiger partial charge < -0.3 is 15.1 Å². The highest BCUT2D eigenvalue weighted by atomic mass is 127. The maximum Gasteiger partial charge on any atom is 0.223 e. The first-order valence-corrected chi connectivity index (χ1v) is 9.24. The molecule has 25 heavy (non-hydrogen) atoms. The number of carbonyl (C=O) groups is 1. The van der Waals surface area contributed by atoms with Gasteiger partial charge in [-0.25, -0.2) is 0 Å². The lowest BCUT2D eigenvalue weighted by Gasteiger charge is -2.36. The Morgan fingerprint density at radius 2 is 1.96 bits per heavy atom. The average molecular weight is 479 g/mol. The summed E-state index contributed by atoms with van der Waals surface area (Å²) in [6.45, 7) is 7.62. The zero-order valence-electron chi connectivity index (χ0n) is 15.6. The molecular weight excluding hydrogens is 449 g/mol. The van der Waals surface area contributed by atoms with Crippen molar-refractivity contribution < 1.29 is 4.79 Å². The topological polar surface area (TPSA) is 51.2 Å². The van der Waals surface area contributed by atoms with Crippen LogP contribution in [0.1, 0.15) is 16.2 Å². The van der Waals surface area contributed by atoms with Crippen LogP contribution in [0.2, 0.25) is 0 Å². The first kappa shape index (κ1) is 22.2. The fourth-order valence-electron chi connectivity index (χ4n) is 2.74. The lowest BCUT2D eigenvalue weighted by molar-refractivity contribution is -0.129. The predicted octanol–water partition coefficient (Wildman–Crippen LogP) is 1.85. The van der Waals surface area contributed by atoms with E-state index in [9.17, 15) is 4.79 Å². The largest absolute Gasteiger partial charge is 0.351 e. The molecule has 0 spiro atoms. The monoisotopic (exact) mass is 479 g/mol. The summed E-state index contributed by atoms with van der Waals surface area (Å²) in [7, 11) is 5.46. The van der Waals surface area contributed by atoms with E-state index in [1.54, 1.807) is 4.90 Å². The van der Waals surface area contributed by atoms with Crippen LogP contribution in [-0.4, -0.2) is 80.4 Å². The molecule has 0 aliphatic carbocycles. The molecule has 1 amide bonds. The number of nitrogens with one attached hydrogen (secondary N) is 1. The number of aryl methyl sites for hydroxylation is 1. The quantitative estimate of drug-likeness (QED) is 0.398. The van der Waals surface area contributed by atoms with Crippen LogP contribution >= 0.6 is 35.3 Å². The fraction of sp³-hybridized carbons (Fsp3) is 0.647. The molecule has 0 atom stereocenters. The third-order valence-electron chi connectivity index (χ3n) is 4.24. The van der Waals surface area contributed by atoms with Crippen LogP contribution in [-0.2, 0) is 11.3 Å². The molecule has 0 aromatic carbocycles. The normalized spacial score (nSPS) is 15.7. The maximum absolute atomic E-state index is 11.7. The van der Waals surface area contributed by atoms with Gasteiger partial charge in [-0.05, 0) is 19.1 Å². The number of halogens is 1. The summed E-state index contributed by atoms with van der Waals surface area (Å²) in [5.41, 5.74) is 0. The molecule has 0 radical (unpaired) electrons. The lowest BCUT2D eigenvalue weighted by Crippen LogP contribution is -2.52. The van der Waals surface area contributed by atoms with Gasteiger partial charge in [0.25, 0.3) is 0 Å². The molecule has 8 heteroatoms. The average Bonchev–Trinajstić information content (AvgIpc) is 2.99. The van der Waals surface area contributed by atoms with Gasteiger partial charge in [0.1, 0.15) is 0 Å². The van der Waals surface area contributed by atoms with Crippen molar-refractivity contribution in [3.8, 4) is 0 Å². The molecule has 1 aliphatic rings. The Hall–Kier alpha value is -0.870. The molecule has 142 valence electrons. The molecule has 1 aromatic rings. The molecule has 1 saturated heterocycles. The summed E-state index contributed by atoms with van der Waals surface area (Å²) in [5.74, 6) is 1.16. The van der Waals surface area contributed by atoms with Gasteiger partial charge in [0.2, 0.25) is 5.91 Å². The predicted molar refractivity (Wildman–Crippen MR) is 116 cm³/mol. The van der Waals surface area contributed by atoms with E-state index in [0.717, 1.165) is 45.2 Å². The first-order chi connectivity index (χ1) is 11.5. The molecule has 0 saturated carbocycles. The Morgan fingerprint density at radius 3 is 2.48 bits per heavy atom. The summed E-state index contributed by atoms with van der Waals surface area (Å²) in [6, 6.07) is 4.32. The molecule has 1 aromatic heterocycles. The summed E-state index contributed by atoms with van der Waals surface area (Å²) in [5, 5.41) is 3.46. The minimum atomic E-state index is 0. The van der Waals surface area contributed by atoms with Gasteiger partial charge >= 0.3 is 0 Å². The van der Waals surface area contributed by atoms with E-state index < -0.39 is 0 Å². The Labute approximate surface area is 172 Å². The summed E-state index contributed by atoms with van der Waals surface area (Å²) in [6.07, 6.45) is 0.595. The van der Waals surface area contributed by atoms with Crippen molar-refractivity contribution in [3.63, 3.8) is 0 Å². The molecule has 1 fully saturated rings. The SMILES string of the molecule is CN=C(NCc1ccc(C)s1)N1CCN(CCC(=O)N(C)C)CC1.I. The van der Waals surface area contributed by atoms with Crippen molar-refractivity contribution >= 4 is 47.2 Å². The van der Waals surface area contributed by atoms with Crippen molar-refractivity contribution in [2.75, 3.05) is 53.9 Å². The van der Waals surface area contributed by atoms with Gasteiger partial charge in [0.05, 0.1) is 6.54 Å². The molecule has 0 unspecified atom stereocenters. The van der Waals surface area contributed by atoms with Crippen molar-refractivity contribution in [1.82, 2.24) is 20.0 Å². The van der Waals surface area contributed by atoms with E-state index in [1.807, 2.05) is 32.5 Å². The molecule has 2 rings (SSSR count). The van der Waals surface area contributed by atoms with Gasteiger partial charge in [0, 0.05) is 70.0 Å². The number of nitrogens with zero attached hydrogens (tertiary/aromatic N) is 4. The van der Waals surface area contributed by atoms with Gasteiger partial charge in [-0.15, -0.1) is 35.3 Å². The highest BCUT2D eigenvalue weighted by Gasteiger charge is 2.20. The van der Waals surface area contributed by atoms with E-state index in [4.69, 9.17) is 0 Å². The van der Waals surface area contributed by atoms with Crippen molar-refractivity contribution in [2.24, 2.45) is 4.99 Å². The standard InChI is InChI=1S/C17H29N5OS.HI/c1-14-5-6-15(24-14)13-19-17(18-2)22-11-9-21(10-12-22)8-7-16(23)20(3)4;/h5-6H,7-13H2,1-4H3,(H,18,19);1H. The highest BCUT2D eigenvalue weighted by Crippen LogP contribution is 2.14. The van der Waals surface area contributed by atoms with Crippen LogP contribution in [0.3, 0.4) is 0 Å². The molecule has 1 N–H and O–H groups in total. The van der Waals surface area contributed by atoms with E-state index in [-0.39, 0.29) is 29.9 Å². The smallest absolute Gasteiger partial charge is 0.223 e. The minimum Gasteiger partial charge on any atom is -0.351 e. The third-order valence-corrected chi connectivity index (χ3v) is 5.24. The molecular formula is C17H30IN5OS. The number of thiophene rings is 1. The van der Waals surface area contributed by atoms with Crippen molar-refractivity contribution in [2.45, 2.75) is 19.9 Å². The Balaban J connectivity index is 0.00000312. The first-order valence-electron chi connectivity index (χ1n) is 8.43. The van der Waals surface area contributed by atoms with Crippen LogP contribution in [0.25, 0.3) is 0 Å². The fourth-order valence-corrected chi connectivity index (χ4v) is 3.57. The zero-order valence-corrected chi connectivity index (χ0v) is 18.8. The Morgan fingerprint density at radius 1 is 1.28 bits per heavy atom. The number of guanidine groups is 1. The number of piperazine rings is 1. The number of amides is 1. The molecule has 6 nitrogen and oxygen atoms in total. The zero-order chi connectivity index (χ0) is 17.5. The number of hydrogen-bond donors (Lipinski definition) is 1. The van der Waals surface area contributed by atoms with Gasteiger partial charge in [-0.3, -0.25) is 14.7 Å². The van der Waals surface area contributed by atoms with E-state index in [0.29, 0.717) is 6.42 Å². The van der Waals surface area contributed by atoms with Crippen LogP contribution in [0, 0.1) is 6.92 Å². The van der Waals surface area contributed by atoms with Crippen LogP contribution in [0.5, 0.6) is 0 Å². The number of carbonyl (C=O) groups excluding carboxylic acids is 1. The van der Waals surface area contributed by atoms with Crippen LogP contribution in [0.15, 0.2) is 17.1 Å². The van der Waals surface area contributed by atoms with Gasteiger partial charge in [0.15, 0.2) is 5.96 Å². The molecule has 1 aliphatic heterocycles. The van der Waals surface area contributed by atoms with E-state index >= 15 is 0 Å². The Kier molecular flexibility index (Phi) is 9.73. The van der Waals surface area contributed by atoms with Crippen LogP contribution < -0.4 is 5.32 Å². The lowest BCUT2D eigenvalue weighted by atomic mass is 10.3. The molecule has 0 bridgehead atoms. The van der Waals surface area contributed by atoms with Crippen LogP contribution in [0.4, 0.5) is 0 Å².